The molecule has 6 fully saturated rings. The van der Waals surface area contributed by atoms with Crippen LogP contribution in [-0.4, -0.2) is 30.9 Å². The van der Waals surface area contributed by atoms with E-state index in [-0.39, 0.29) is 39.9 Å². The molecule has 2 saturated heterocycles. The van der Waals surface area contributed by atoms with Crippen molar-refractivity contribution in [1.29, 1.82) is 0 Å². The zero-order valence-corrected chi connectivity index (χ0v) is 21.5. The Hall–Kier alpha value is -1.65. The van der Waals surface area contributed by atoms with Gasteiger partial charge < -0.3 is 9.47 Å². The van der Waals surface area contributed by atoms with Gasteiger partial charge in [-0.15, -0.1) is 0 Å². The minimum Gasteiger partial charge on any atom is -0.465 e. The molecule has 0 N–H and O–H groups in total. The highest BCUT2D eigenvalue weighted by Gasteiger charge is 2.66. The van der Waals surface area contributed by atoms with E-state index >= 15 is 0 Å². The fourth-order valence-electron chi connectivity index (χ4n) is 9.38. The number of esters is 2. The summed E-state index contributed by atoms with van der Waals surface area (Å²) >= 11 is 0. The molecule has 6 rings (SSSR count). The molecule has 0 aromatic rings. The normalized spacial score (nSPS) is 43.9. The van der Waals surface area contributed by atoms with Crippen molar-refractivity contribution in [3.8, 4) is 0 Å². The summed E-state index contributed by atoms with van der Waals surface area (Å²) in [6, 6.07) is 0. The Balaban J connectivity index is 0.000000142. The number of carbonyl (C=O) groups excluding carboxylic acids is 3. The third kappa shape index (κ3) is 3.20. The van der Waals surface area contributed by atoms with Gasteiger partial charge in [0.1, 0.15) is 12.4 Å². The average molecular weight is 471 g/mol. The molecule has 2 aliphatic heterocycles. The van der Waals surface area contributed by atoms with Gasteiger partial charge in [0.2, 0.25) is 0 Å². The third-order valence-electron chi connectivity index (χ3n) is 11.0. The monoisotopic (exact) mass is 470 g/mol. The minimum absolute atomic E-state index is 0.0705. The van der Waals surface area contributed by atoms with Crippen molar-refractivity contribution in [2.45, 2.75) is 91.9 Å². The van der Waals surface area contributed by atoms with Crippen LogP contribution in [-0.2, 0) is 23.9 Å². The smallest absolute Gasteiger partial charge is 0.313 e. The second-order valence-electron chi connectivity index (χ2n) is 13.4. The Morgan fingerprint density at radius 3 is 1.74 bits per heavy atom. The quantitative estimate of drug-likeness (QED) is 0.338. The third-order valence-corrected chi connectivity index (χ3v) is 11.0. The second kappa shape index (κ2) is 7.93. The first-order valence-corrected chi connectivity index (χ1v) is 13.5. The number of hydrogen-bond donors (Lipinski definition) is 0. The maximum Gasteiger partial charge on any atom is 0.313 e. The van der Waals surface area contributed by atoms with Crippen LogP contribution in [0.2, 0.25) is 0 Å². The van der Waals surface area contributed by atoms with Gasteiger partial charge in [0, 0.05) is 12.3 Å². The van der Waals surface area contributed by atoms with Crippen molar-refractivity contribution in [2.75, 3.05) is 13.2 Å². The van der Waals surface area contributed by atoms with E-state index in [1.165, 1.54) is 12.0 Å². The minimum atomic E-state index is -0.461. The highest BCUT2D eigenvalue weighted by Crippen LogP contribution is 2.64. The highest BCUT2D eigenvalue weighted by atomic mass is 16.5. The summed E-state index contributed by atoms with van der Waals surface area (Å²) in [7, 11) is 0. The molecule has 2 heterocycles. The molecule has 4 aliphatic carbocycles. The standard InChI is InChI=1S/C15H22O2.C14H20O3/c1-10-5-6-12-14(2,3)7-4-8-15(12)11(10)9-17-13(15)16;1-13(2)6-3-7-14-9(8-17-12(14)16)10(15)4-5-11(13)14/h11-12H,1,4-9H2,2-3H3;9,11H,3-8H2,1-2H3/t11-,12+,15+;9-,11+,14+/m11/s1. The first kappa shape index (κ1) is 24.1. The van der Waals surface area contributed by atoms with E-state index < -0.39 is 5.41 Å². The molecule has 0 unspecified atom stereocenters. The fourth-order valence-corrected chi connectivity index (χ4v) is 9.38. The number of rotatable bonds is 0. The SMILES string of the molecule is C=C1CC[C@H]2C(C)(C)CCC[C@@]23C(=O)OC[C@H]13.CC1(C)CCC[C@]23C(=O)OC[C@@H]2C(=O)CC[C@@H]13. The summed E-state index contributed by atoms with van der Waals surface area (Å²) in [4.78, 5) is 36.6. The zero-order chi connectivity index (χ0) is 24.5. The van der Waals surface area contributed by atoms with Crippen LogP contribution in [0.15, 0.2) is 12.2 Å². The van der Waals surface area contributed by atoms with Crippen molar-refractivity contribution in [1.82, 2.24) is 0 Å². The average Bonchev–Trinajstić information content (AvgIpc) is 3.27. The largest absolute Gasteiger partial charge is 0.465 e. The number of ether oxygens (including phenoxy) is 2. The van der Waals surface area contributed by atoms with Crippen LogP contribution in [0, 0.1) is 45.3 Å². The summed E-state index contributed by atoms with van der Waals surface area (Å²) in [6.45, 7) is 14.3. The van der Waals surface area contributed by atoms with Crippen LogP contribution in [0.3, 0.4) is 0 Å². The van der Waals surface area contributed by atoms with Gasteiger partial charge in [-0.25, -0.2) is 0 Å². The van der Waals surface area contributed by atoms with Crippen molar-refractivity contribution in [2.24, 2.45) is 45.3 Å². The first-order chi connectivity index (χ1) is 16.0. The van der Waals surface area contributed by atoms with E-state index in [9.17, 15) is 14.4 Å². The molecule has 0 aromatic heterocycles. The Bertz CT molecular complexity index is 841. The van der Waals surface area contributed by atoms with Gasteiger partial charge >= 0.3 is 11.9 Å². The van der Waals surface area contributed by atoms with Gasteiger partial charge in [0.15, 0.2) is 0 Å². The summed E-state index contributed by atoms with van der Waals surface area (Å²) < 4.78 is 10.7. The van der Waals surface area contributed by atoms with Crippen molar-refractivity contribution in [3.05, 3.63) is 12.2 Å². The van der Waals surface area contributed by atoms with Gasteiger partial charge in [-0.2, -0.15) is 0 Å². The molecular weight excluding hydrogens is 428 g/mol. The number of carbonyl (C=O) groups is 3. The summed E-state index contributed by atoms with van der Waals surface area (Å²) in [5.41, 5.74) is 1.03. The van der Waals surface area contributed by atoms with E-state index in [2.05, 4.69) is 34.3 Å². The van der Waals surface area contributed by atoms with Crippen LogP contribution in [0.5, 0.6) is 0 Å². The van der Waals surface area contributed by atoms with Crippen LogP contribution < -0.4 is 0 Å². The van der Waals surface area contributed by atoms with E-state index in [1.807, 2.05) is 0 Å². The topological polar surface area (TPSA) is 69.7 Å². The highest BCUT2D eigenvalue weighted by molar-refractivity contribution is 5.93. The lowest BCUT2D eigenvalue weighted by Gasteiger charge is -2.54. The van der Waals surface area contributed by atoms with E-state index in [0.717, 1.165) is 51.4 Å². The maximum atomic E-state index is 12.3. The van der Waals surface area contributed by atoms with Gasteiger partial charge in [0.25, 0.3) is 0 Å². The van der Waals surface area contributed by atoms with Crippen LogP contribution in [0.1, 0.15) is 91.9 Å². The lowest BCUT2D eigenvalue weighted by molar-refractivity contribution is -0.162. The molecule has 0 aromatic carbocycles. The fraction of sp³-hybridized carbons (Fsp3) is 0.828. The van der Waals surface area contributed by atoms with Gasteiger partial charge in [-0.1, -0.05) is 52.7 Å². The lowest BCUT2D eigenvalue weighted by atomic mass is 9.48. The molecule has 0 bridgehead atoms. The van der Waals surface area contributed by atoms with Crippen LogP contribution in [0.4, 0.5) is 0 Å². The molecule has 5 heteroatoms. The van der Waals surface area contributed by atoms with E-state index in [4.69, 9.17) is 9.47 Å². The first-order valence-electron chi connectivity index (χ1n) is 13.5. The number of ketones is 1. The van der Waals surface area contributed by atoms with Gasteiger partial charge in [0.05, 0.1) is 23.4 Å². The molecule has 5 nitrogen and oxygen atoms in total. The molecule has 34 heavy (non-hydrogen) atoms. The molecule has 6 atom stereocenters. The van der Waals surface area contributed by atoms with E-state index in [1.54, 1.807) is 0 Å². The lowest BCUT2D eigenvalue weighted by Crippen LogP contribution is -2.54. The molecule has 0 radical (unpaired) electrons. The number of Topliss-reactive ketones (excluding diaryl/α,β-unsaturated/α-hetero) is 1. The Labute approximate surface area is 204 Å². The van der Waals surface area contributed by atoms with Crippen LogP contribution in [0.25, 0.3) is 0 Å². The summed E-state index contributed by atoms with van der Waals surface area (Å²) in [6.07, 6.45) is 10.2. The Morgan fingerprint density at radius 1 is 0.706 bits per heavy atom. The molecule has 188 valence electrons. The molecular formula is C29H42O5. The van der Waals surface area contributed by atoms with Gasteiger partial charge in [-0.05, 0) is 67.6 Å². The molecule has 4 saturated carbocycles. The number of cyclic esters (lactones) is 2. The van der Waals surface area contributed by atoms with Crippen molar-refractivity contribution >= 4 is 17.7 Å². The Morgan fingerprint density at radius 2 is 1.18 bits per heavy atom. The Kier molecular flexibility index (Phi) is 5.61. The van der Waals surface area contributed by atoms with E-state index in [0.29, 0.717) is 37.4 Å². The maximum absolute atomic E-state index is 12.3. The summed E-state index contributed by atoms with van der Waals surface area (Å²) in [5.74, 6) is 1.22. The summed E-state index contributed by atoms with van der Waals surface area (Å²) in [5, 5.41) is 0. The van der Waals surface area contributed by atoms with Crippen LogP contribution >= 0.6 is 0 Å². The van der Waals surface area contributed by atoms with Gasteiger partial charge in [-0.3, -0.25) is 14.4 Å². The molecule has 6 aliphatic rings. The predicted octanol–water partition coefficient (Wildman–Crippen LogP) is 5.66. The second-order valence-corrected chi connectivity index (χ2v) is 13.4. The van der Waals surface area contributed by atoms with Crippen molar-refractivity contribution in [3.63, 3.8) is 0 Å². The molecule has 0 amide bonds. The van der Waals surface area contributed by atoms with Crippen molar-refractivity contribution < 1.29 is 23.9 Å². The molecule has 2 spiro atoms. The number of hydrogen-bond acceptors (Lipinski definition) is 5. The predicted molar refractivity (Wildman–Crippen MR) is 129 cm³/mol. The zero-order valence-electron chi connectivity index (χ0n) is 21.5.